The van der Waals surface area contributed by atoms with Gasteiger partial charge in [-0.1, -0.05) is 23.4 Å². The summed E-state index contributed by atoms with van der Waals surface area (Å²) in [7, 11) is 0. The molecule has 7 rings (SSSR count). The number of esters is 1. The van der Waals surface area contributed by atoms with Crippen molar-refractivity contribution in [2.45, 2.75) is 37.9 Å². The van der Waals surface area contributed by atoms with E-state index in [1.54, 1.807) is 78.9 Å². The first kappa shape index (κ1) is 51.3. The second-order valence-electron chi connectivity index (χ2n) is 14.1. The fraction of sp³-hybridized carbons (Fsp3) is 0.227. The van der Waals surface area contributed by atoms with Crippen molar-refractivity contribution in [1.82, 2.24) is 10.1 Å². The average molecular weight is 996 g/mol. The molecular weight excluding hydrogens is 951 g/mol. The van der Waals surface area contributed by atoms with E-state index >= 15 is 0 Å². The van der Waals surface area contributed by atoms with E-state index in [1.807, 2.05) is 12.1 Å². The predicted octanol–water partition coefficient (Wildman–Crippen LogP) is 1.81. The standard InChI is InChI=1S/C23H19N5O7.C20H23N5O4.CH3.Pd/c1-13(29)34-18(19-22(31)28(9-10-33-19)17-4-2-3-14(11-17)12-24)21(30)25-16-7-5-15(6-8-16)20-26-23(32)35-27-20;21-11-12-2-1-3-15(10-12)25-8-9-29-17(20(25)28)16(26)19(27)24-14-6-4-13(5-7-14)18(22)23;;/h2-8,11,18-19H,9-10H2,1H3,(H,25,30)(H,26,27,32);1-7,10,16-17,26H,8-9,11,21H2,(H3,22,23)(H,24,27);1H3;/q;;-1;/t18-,19-;16-,17-;;/m11../s1. The van der Waals surface area contributed by atoms with Crippen LogP contribution in [0.3, 0.4) is 0 Å². The predicted molar refractivity (Wildman–Crippen MR) is 235 cm³/mol. The summed E-state index contributed by atoms with van der Waals surface area (Å²) in [4.78, 5) is 79.6. The van der Waals surface area contributed by atoms with E-state index in [4.69, 9.17) is 36.3 Å². The molecule has 0 saturated carbocycles. The summed E-state index contributed by atoms with van der Waals surface area (Å²) in [6.07, 6.45) is -5.95. The van der Waals surface area contributed by atoms with Crippen LogP contribution < -0.4 is 37.7 Å². The number of H-pyrrole nitrogens is 1. The van der Waals surface area contributed by atoms with Crippen LogP contribution in [0.4, 0.5) is 22.7 Å². The van der Waals surface area contributed by atoms with Crippen molar-refractivity contribution < 1.29 is 68.2 Å². The maximum absolute atomic E-state index is 13.2. The molecule has 21 nitrogen and oxygen atoms in total. The largest absolute Gasteiger partial charge is 0.449 e. The fourth-order valence-corrected chi connectivity index (χ4v) is 6.56. The van der Waals surface area contributed by atoms with Gasteiger partial charge in [0.05, 0.1) is 24.8 Å². The number of nitriles is 1. The van der Waals surface area contributed by atoms with Crippen LogP contribution in [0.25, 0.3) is 11.4 Å². The molecule has 22 heteroatoms. The van der Waals surface area contributed by atoms with E-state index in [1.165, 1.54) is 21.9 Å². The molecule has 4 aromatic carbocycles. The Morgan fingerprint density at radius 1 is 0.894 bits per heavy atom. The van der Waals surface area contributed by atoms with Crippen LogP contribution in [0.1, 0.15) is 23.6 Å². The van der Waals surface area contributed by atoms with Crippen LogP contribution in [-0.2, 0) is 65.2 Å². The number of hydrogen-bond acceptors (Lipinski definition) is 15. The Labute approximate surface area is 391 Å². The molecule has 66 heavy (non-hydrogen) atoms. The third-order valence-corrected chi connectivity index (χ3v) is 9.70. The summed E-state index contributed by atoms with van der Waals surface area (Å²) >= 11 is 0. The number of rotatable bonds is 12. The third-order valence-electron chi connectivity index (χ3n) is 9.70. The van der Waals surface area contributed by atoms with Crippen molar-refractivity contribution in [3.8, 4) is 17.5 Å². The number of hydrogen-bond donors (Lipinski definition) is 7. The number of nitrogen functional groups attached to an aromatic ring is 1. The molecule has 4 atom stereocenters. The van der Waals surface area contributed by atoms with Crippen LogP contribution in [-0.4, -0.2) is 101 Å². The summed E-state index contributed by atoms with van der Waals surface area (Å²) in [5.41, 5.74) is 15.2. The second kappa shape index (κ2) is 23.5. The maximum atomic E-state index is 13.2. The number of aliphatic hydroxyl groups excluding tert-OH is 1. The van der Waals surface area contributed by atoms with E-state index in [-0.39, 0.29) is 59.3 Å². The van der Waals surface area contributed by atoms with E-state index in [2.05, 4.69) is 25.3 Å². The first-order chi connectivity index (χ1) is 30.8. The van der Waals surface area contributed by atoms with Crippen molar-refractivity contribution in [3.05, 3.63) is 132 Å². The molecule has 1 aromatic heterocycles. The number of aliphatic hydroxyl groups is 1. The Kier molecular flexibility index (Phi) is 18.3. The molecule has 0 bridgehead atoms. The summed E-state index contributed by atoms with van der Waals surface area (Å²) in [6, 6.07) is 28.1. The van der Waals surface area contributed by atoms with Gasteiger partial charge in [-0.25, -0.2) is 4.79 Å². The quantitative estimate of drug-likeness (QED) is 0.0308. The molecule has 3 heterocycles. The summed E-state index contributed by atoms with van der Waals surface area (Å²) in [6.45, 7) is 2.23. The Morgan fingerprint density at radius 2 is 1.45 bits per heavy atom. The number of aromatic amines is 1. The molecule has 0 spiro atoms. The van der Waals surface area contributed by atoms with Crippen molar-refractivity contribution in [3.63, 3.8) is 0 Å². The number of carbonyl (C=O) groups is 5. The summed E-state index contributed by atoms with van der Waals surface area (Å²) in [5.74, 6) is -3.97. The number of amidine groups is 1. The van der Waals surface area contributed by atoms with E-state index in [0.29, 0.717) is 52.5 Å². The number of benzene rings is 4. The minimum atomic E-state index is -1.68. The van der Waals surface area contributed by atoms with Gasteiger partial charge in [0.25, 0.3) is 23.6 Å². The number of morpholine rings is 2. The molecule has 4 amide bonds. The van der Waals surface area contributed by atoms with Gasteiger partial charge in [0.1, 0.15) is 5.84 Å². The fourth-order valence-electron chi connectivity index (χ4n) is 6.56. The summed E-state index contributed by atoms with van der Waals surface area (Å²) in [5, 5.41) is 35.7. The molecule has 2 aliphatic rings. The molecule has 0 unspecified atom stereocenters. The van der Waals surface area contributed by atoms with Gasteiger partial charge in [0.2, 0.25) is 6.10 Å². The van der Waals surface area contributed by atoms with Crippen molar-refractivity contribution in [2.24, 2.45) is 11.5 Å². The average Bonchev–Trinajstić information content (AvgIpc) is 3.74. The molecule has 2 saturated heterocycles. The number of nitrogens with zero attached hydrogens (tertiary/aromatic N) is 4. The normalized spacial score (nSPS) is 16.4. The Hall–Kier alpha value is -7.37. The molecule has 0 radical (unpaired) electrons. The second-order valence-corrected chi connectivity index (χ2v) is 14.1. The zero-order valence-corrected chi connectivity index (χ0v) is 36.9. The van der Waals surface area contributed by atoms with Crippen molar-refractivity contribution in [1.29, 1.82) is 10.7 Å². The van der Waals surface area contributed by atoms with Gasteiger partial charge in [-0.05, 0) is 84.4 Å². The first-order valence-corrected chi connectivity index (χ1v) is 19.5. The Balaban J connectivity index is 0.000000285. The van der Waals surface area contributed by atoms with Crippen LogP contribution >= 0.6 is 0 Å². The number of ether oxygens (including phenoxy) is 3. The van der Waals surface area contributed by atoms with Gasteiger partial charge in [-0.15, -0.1) is 0 Å². The van der Waals surface area contributed by atoms with E-state index in [9.17, 15) is 33.9 Å². The van der Waals surface area contributed by atoms with Crippen molar-refractivity contribution >= 4 is 58.2 Å². The topological polar surface area (TPSA) is 322 Å². The number of nitrogens with one attached hydrogen (secondary N) is 4. The molecule has 0 aliphatic carbocycles. The van der Waals surface area contributed by atoms with Gasteiger partial charge < -0.3 is 58.6 Å². The van der Waals surface area contributed by atoms with Gasteiger partial charge in [0, 0.05) is 80.9 Å². The summed E-state index contributed by atoms with van der Waals surface area (Å²) < 4.78 is 20.6. The zero-order chi connectivity index (χ0) is 45.9. The van der Waals surface area contributed by atoms with Gasteiger partial charge in [0.15, 0.2) is 24.1 Å². The molecule has 2 aliphatic heterocycles. The maximum Gasteiger partial charge on any atom is 0.439 e. The molecule has 2 fully saturated rings. The monoisotopic (exact) mass is 995 g/mol. The number of anilines is 4. The SMILES string of the molecule is CC(=O)O[C@@H](C(=O)Nc1ccc(-c2noc(=O)[nH]2)cc1)[C@H]1OCCN(c2cccc(C#N)c2)C1=O.N=C(N)c1ccc(NC(=O)[C@H](O)[C@H]2OCCN(c3cccc(CN)c3)C2=O)cc1.[CH3-].[Pd]. The number of carbonyl (C=O) groups excluding carboxylic acids is 5. The molecular formula is C44H45N10O11Pd-. The van der Waals surface area contributed by atoms with Gasteiger partial charge in [-0.3, -0.25) is 38.9 Å². The minimum absolute atomic E-state index is 0. The first-order valence-electron chi connectivity index (χ1n) is 19.5. The molecule has 5 aromatic rings. The number of amides is 4. The zero-order valence-electron chi connectivity index (χ0n) is 35.4. The Morgan fingerprint density at radius 3 is 2.02 bits per heavy atom. The van der Waals surface area contributed by atoms with Crippen LogP contribution in [0.15, 0.2) is 106 Å². The van der Waals surface area contributed by atoms with Gasteiger partial charge in [-0.2, -0.15) is 5.26 Å². The van der Waals surface area contributed by atoms with Crippen LogP contribution in [0.2, 0.25) is 0 Å². The Bertz CT molecular complexity index is 2630. The molecule has 348 valence electrons. The van der Waals surface area contributed by atoms with Gasteiger partial charge >= 0.3 is 11.7 Å². The van der Waals surface area contributed by atoms with Crippen molar-refractivity contribution in [2.75, 3.05) is 46.7 Å². The van der Waals surface area contributed by atoms with Crippen LogP contribution in [0.5, 0.6) is 0 Å². The number of nitrogens with two attached hydrogens (primary N) is 2. The third kappa shape index (κ3) is 12.7. The smallest absolute Gasteiger partial charge is 0.439 e. The van der Waals surface area contributed by atoms with E-state index < -0.39 is 59.8 Å². The van der Waals surface area contributed by atoms with E-state index in [0.717, 1.165) is 12.5 Å². The van der Waals surface area contributed by atoms with Crippen LogP contribution in [0, 0.1) is 24.2 Å². The minimum Gasteiger partial charge on any atom is -0.449 e. The molecule has 9 N–H and O–H groups in total. The number of aromatic nitrogens is 2.